The normalized spacial score (nSPS) is 14.0. The molecule has 3 N–H and O–H groups in total. The Hall–Kier alpha value is -1.94. The SMILES string of the molecule is CCCCCCCCCCCCCCCCCCCCCC(=O)O[C@H](COC(=O)CCCCCCCCCCCCCCCCCCCC)COP(=O)(O)OC[C@@H](O)COP(=O)(O)OC[C@@H](COC(=O)CCCCCCCCCC(C)C)OC(=O)CCCCCCCCCC(C)C. The molecule has 0 aliphatic heterocycles. The first-order valence-electron chi connectivity index (χ1n) is 40.5. The van der Waals surface area contributed by atoms with Crippen LogP contribution in [0.1, 0.15) is 408 Å². The Morgan fingerprint density at radius 2 is 0.474 bits per heavy atom. The molecule has 0 heterocycles. The number of aliphatic hydroxyl groups is 1. The molecule has 0 aromatic heterocycles. The molecule has 576 valence electrons. The summed E-state index contributed by atoms with van der Waals surface area (Å²) in [6.07, 6.45) is 58.6. The minimum absolute atomic E-state index is 0.103. The van der Waals surface area contributed by atoms with Crippen LogP contribution in [0.15, 0.2) is 0 Å². The van der Waals surface area contributed by atoms with E-state index in [9.17, 15) is 43.2 Å². The minimum Gasteiger partial charge on any atom is -0.462 e. The molecule has 19 heteroatoms. The van der Waals surface area contributed by atoms with E-state index in [-0.39, 0.29) is 25.7 Å². The summed E-state index contributed by atoms with van der Waals surface area (Å²) in [6.45, 7) is 9.49. The number of hydrogen-bond donors (Lipinski definition) is 3. The van der Waals surface area contributed by atoms with Crippen molar-refractivity contribution in [3.05, 3.63) is 0 Å². The lowest BCUT2D eigenvalue weighted by molar-refractivity contribution is -0.161. The Morgan fingerprint density at radius 1 is 0.278 bits per heavy atom. The number of unbranched alkanes of at least 4 members (excludes halogenated alkanes) is 47. The molecule has 0 spiro atoms. The second-order valence-electron chi connectivity index (χ2n) is 29.1. The largest absolute Gasteiger partial charge is 0.472 e. The van der Waals surface area contributed by atoms with E-state index < -0.39 is 97.5 Å². The van der Waals surface area contributed by atoms with Crippen LogP contribution >= 0.6 is 15.6 Å². The van der Waals surface area contributed by atoms with Gasteiger partial charge in [0.1, 0.15) is 19.3 Å². The summed E-state index contributed by atoms with van der Waals surface area (Å²) in [5.41, 5.74) is 0. The average Bonchev–Trinajstić information content (AvgIpc) is 1.13. The fourth-order valence-electron chi connectivity index (χ4n) is 12.0. The molecule has 0 aliphatic carbocycles. The minimum atomic E-state index is -4.96. The topological polar surface area (TPSA) is 237 Å². The molecule has 97 heavy (non-hydrogen) atoms. The summed E-state index contributed by atoms with van der Waals surface area (Å²) >= 11 is 0. The van der Waals surface area contributed by atoms with Gasteiger partial charge in [0.2, 0.25) is 0 Å². The van der Waals surface area contributed by atoms with Crippen molar-refractivity contribution in [1.29, 1.82) is 0 Å². The lowest BCUT2D eigenvalue weighted by Crippen LogP contribution is -2.30. The smallest absolute Gasteiger partial charge is 0.462 e. The predicted molar refractivity (Wildman–Crippen MR) is 395 cm³/mol. The number of ether oxygens (including phenoxy) is 4. The standard InChI is InChI=1S/C78H152O17P2/c1-7-9-11-13-15-17-19-21-23-25-27-29-31-33-35-37-43-50-56-62-77(82)94-73(66-88-75(80)60-54-48-42-36-34-32-30-28-26-24-22-20-18-16-14-12-10-8-2)68-92-96(84,85)90-64-72(79)65-91-97(86,87)93-69-74(95-78(83)63-57-51-45-39-41-47-53-59-71(5)6)67-89-76(81)61-55-49-44-38-40-46-52-58-70(3)4/h70-74,79H,7-69H2,1-6H3,(H,84,85)(H,86,87)/t72-,73-,74-/m1/s1. The molecule has 0 amide bonds. The molecule has 5 atom stereocenters. The maximum Gasteiger partial charge on any atom is 0.472 e. The van der Waals surface area contributed by atoms with Crippen molar-refractivity contribution in [2.75, 3.05) is 39.6 Å². The Balaban J connectivity index is 5.20. The molecule has 2 unspecified atom stereocenters. The summed E-state index contributed by atoms with van der Waals surface area (Å²) in [7, 11) is -9.91. The first kappa shape index (κ1) is 95.1. The van der Waals surface area contributed by atoms with Crippen LogP contribution in [-0.2, 0) is 65.4 Å². The fourth-order valence-corrected chi connectivity index (χ4v) is 13.6. The van der Waals surface area contributed by atoms with Crippen LogP contribution in [0.3, 0.4) is 0 Å². The number of phosphoric acid groups is 2. The van der Waals surface area contributed by atoms with Gasteiger partial charge >= 0.3 is 39.5 Å². The molecule has 0 saturated carbocycles. The van der Waals surface area contributed by atoms with E-state index in [2.05, 4.69) is 41.5 Å². The Kier molecular flexibility index (Phi) is 68.4. The lowest BCUT2D eigenvalue weighted by Gasteiger charge is -2.21. The van der Waals surface area contributed by atoms with E-state index in [1.54, 1.807) is 0 Å². The zero-order valence-corrected chi connectivity index (χ0v) is 65.2. The summed E-state index contributed by atoms with van der Waals surface area (Å²) in [5, 5.41) is 10.6. The molecule has 0 aromatic rings. The Bertz CT molecular complexity index is 1870. The molecule has 0 aromatic carbocycles. The molecular weight excluding hydrogens is 1270 g/mol. The lowest BCUT2D eigenvalue weighted by atomic mass is 10.0. The van der Waals surface area contributed by atoms with Crippen LogP contribution in [0.25, 0.3) is 0 Å². The number of phosphoric ester groups is 2. The van der Waals surface area contributed by atoms with Gasteiger partial charge in [0.15, 0.2) is 12.2 Å². The van der Waals surface area contributed by atoms with Crippen LogP contribution in [0.4, 0.5) is 0 Å². The van der Waals surface area contributed by atoms with E-state index in [1.165, 1.54) is 218 Å². The predicted octanol–water partition coefficient (Wildman–Crippen LogP) is 23.1. The van der Waals surface area contributed by atoms with E-state index in [0.717, 1.165) is 96.3 Å². The Morgan fingerprint density at radius 3 is 0.701 bits per heavy atom. The van der Waals surface area contributed by atoms with Crippen LogP contribution in [0.2, 0.25) is 0 Å². The van der Waals surface area contributed by atoms with Crippen LogP contribution in [-0.4, -0.2) is 96.7 Å². The first-order chi connectivity index (χ1) is 46.9. The summed E-state index contributed by atoms with van der Waals surface area (Å²) in [4.78, 5) is 72.8. The highest BCUT2D eigenvalue weighted by Crippen LogP contribution is 2.45. The fraction of sp³-hybridized carbons (Fsp3) is 0.949. The molecule has 0 saturated heterocycles. The van der Waals surface area contributed by atoms with Gasteiger partial charge in [-0.25, -0.2) is 9.13 Å². The number of carbonyl (C=O) groups is 4. The van der Waals surface area contributed by atoms with Crippen molar-refractivity contribution in [2.24, 2.45) is 11.8 Å². The summed E-state index contributed by atoms with van der Waals surface area (Å²) in [6, 6.07) is 0. The maximum absolute atomic E-state index is 13.1. The molecule has 17 nitrogen and oxygen atoms in total. The average molecular weight is 1420 g/mol. The van der Waals surface area contributed by atoms with Gasteiger partial charge in [0, 0.05) is 25.7 Å². The van der Waals surface area contributed by atoms with Gasteiger partial charge < -0.3 is 33.8 Å². The van der Waals surface area contributed by atoms with E-state index >= 15 is 0 Å². The number of esters is 4. The highest BCUT2D eigenvalue weighted by atomic mass is 31.2. The third-order valence-corrected chi connectivity index (χ3v) is 20.1. The molecule has 0 radical (unpaired) electrons. The zero-order valence-electron chi connectivity index (χ0n) is 63.4. The molecule has 0 bridgehead atoms. The van der Waals surface area contributed by atoms with E-state index in [1.807, 2.05) is 0 Å². The third-order valence-electron chi connectivity index (χ3n) is 18.2. The number of carbonyl (C=O) groups excluding carboxylic acids is 4. The molecule has 0 rings (SSSR count). The second-order valence-corrected chi connectivity index (χ2v) is 32.0. The monoisotopic (exact) mass is 1420 g/mol. The van der Waals surface area contributed by atoms with Gasteiger partial charge in [-0.05, 0) is 37.5 Å². The summed E-state index contributed by atoms with van der Waals surface area (Å²) < 4.78 is 68.5. The van der Waals surface area contributed by atoms with Gasteiger partial charge in [-0.15, -0.1) is 0 Å². The van der Waals surface area contributed by atoms with Crippen molar-refractivity contribution < 1.29 is 80.2 Å². The highest BCUT2D eigenvalue weighted by molar-refractivity contribution is 7.47. The van der Waals surface area contributed by atoms with Crippen molar-refractivity contribution >= 4 is 39.5 Å². The molecule has 0 aliphatic rings. The summed E-state index contributed by atoms with van der Waals surface area (Å²) in [5.74, 6) is -0.716. The quantitative estimate of drug-likeness (QED) is 0.0222. The third kappa shape index (κ3) is 72.2. The van der Waals surface area contributed by atoms with Crippen LogP contribution in [0, 0.1) is 11.8 Å². The maximum atomic E-state index is 13.1. The Labute approximate surface area is 594 Å². The molecule has 0 fully saturated rings. The molecular formula is C78H152O17P2. The van der Waals surface area contributed by atoms with Gasteiger partial charge in [-0.2, -0.15) is 0 Å². The van der Waals surface area contributed by atoms with Crippen molar-refractivity contribution in [1.82, 2.24) is 0 Å². The first-order valence-corrected chi connectivity index (χ1v) is 43.5. The zero-order chi connectivity index (χ0) is 71.4. The van der Waals surface area contributed by atoms with Gasteiger partial charge in [-0.1, -0.05) is 356 Å². The van der Waals surface area contributed by atoms with Crippen LogP contribution < -0.4 is 0 Å². The van der Waals surface area contributed by atoms with Gasteiger partial charge in [-0.3, -0.25) is 37.3 Å². The number of aliphatic hydroxyl groups excluding tert-OH is 1. The van der Waals surface area contributed by atoms with E-state index in [0.29, 0.717) is 37.5 Å². The highest BCUT2D eigenvalue weighted by Gasteiger charge is 2.30. The van der Waals surface area contributed by atoms with Gasteiger partial charge in [0.25, 0.3) is 0 Å². The number of hydrogen-bond acceptors (Lipinski definition) is 15. The van der Waals surface area contributed by atoms with Gasteiger partial charge in [0.05, 0.1) is 26.4 Å². The van der Waals surface area contributed by atoms with Crippen molar-refractivity contribution in [3.8, 4) is 0 Å². The van der Waals surface area contributed by atoms with E-state index in [4.69, 9.17) is 37.0 Å². The van der Waals surface area contributed by atoms with Crippen LogP contribution in [0.5, 0.6) is 0 Å². The van der Waals surface area contributed by atoms with Crippen molar-refractivity contribution in [2.45, 2.75) is 426 Å². The number of rotatable bonds is 77. The second kappa shape index (κ2) is 69.8. The van der Waals surface area contributed by atoms with Crippen molar-refractivity contribution in [3.63, 3.8) is 0 Å².